The van der Waals surface area contributed by atoms with E-state index in [-0.39, 0.29) is 12.3 Å². The number of rotatable bonds is 3. The number of nitrogens with zero attached hydrogens (tertiary/aromatic N) is 2. The molecule has 0 N–H and O–H groups in total. The van der Waals surface area contributed by atoms with Gasteiger partial charge in [0.15, 0.2) is 5.78 Å². The molecule has 0 spiro atoms. The summed E-state index contributed by atoms with van der Waals surface area (Å²) < 4.78 is 1.89. The zero-order valence-electron chi connectivity index (χ0n) is 11.7. The average molecular weight is 274 g/mol. The van der Waals surface area contributed by atoms with E-state index < -0.39 is 0 Å². The topological polar surface area (TPSA) is 45.8 Å². The minimum absolute atomic E-state index is 0.0768. The van der Waals surface area contributed by atoms with E-state index in [4.69, 9.17) is 5.26 Å². The maximum atomic E-state index is 12.4. The van der Waals surface area contributed by atoms with Crippen LogP contribution in [0.3, 0.4) is 0 Å². The Morgan fingerprint density at radius 3 is 2.71 bits per heavy atom. The molecule has 0 amide bonds. The number of ketones is 1. The summed E-state index contributed by atoms with van der Waals surface area (Å²) in [7, 11) is 0. The fourth-order valence-electron chi connectivity index (χ4n) is 2.58. The zero-order chi connectivity index (χ0) is 14.8. The monoisotopic (exact) mass is 274 g/mol. The number of carbonyl (C=O) groups excluding carboxylic acids is 1. The molecule has 0 aliphatic carbocycles. The first-order valence-electron chi connectivity index (χ1n) is 6.77. The summed E-state index contributed by atoms with van der Waals surface area (Å²) in [5, 5.41) is 10.0. The van der Waals surface area contributed by atoms with Crippen LogP contribution in [-0.2, 0) is 6.54 Å². The number of nitriles is 1. The van der Waals surface area contributed by atoms with Gasteiger partial charge in [0, 0.05) is 22.7 Å². The highest BCUT2D eigenvalue weighted by atomic mass is 16.1. The third-order valence-corrected chi connectivity index (χ3v) is 3.69. The lowest BCUT2D eigenvalue weighted by Gasteiger charge is -2.07. The minimum atomic E-state index is 0.0768. The molecule has 0 atom stereocenters. The molecule has 3 aromatic rings. The molecule has 0 aliphatic heterocycles. The van der Waals surface area contributed by atoms with Crippen molar-refractivity contribution in [1.29, 1.82) is 5.26 Å². The molecule has 21 heavy (non-hydrogen) atoms. The molecule has 0 saturated carbocycles. The highest BCUT2D eigenvalue weighted by molar-refractivity contribution is 5.98. The summed E-state index contributed by atoms with van der Waals surface area (Å²) in [6.07, 6.45) is 1.86. The molecule has 0 fully saturated rings. The van der Waals surface area contributed by atoms with Crippen LogP contribution in [0.5, 0.6) is 0 Å². The third-order valence-electron chi connectivity index (χ3n) is 3.69. The van der Waals surface area contributed by atoms with E-state index in [0.29, 0.717) is 5.56 Å². The first-order chi connectivity index (χ1) is 10.2. The first kappa shape index (κ1) is 13.1. The Kier molecular flexibility index (Phi) is 3.29. The van der Waals surface area contributed by atoms with Crippen molar-refractivity contribution >= 4 is 16.7 Å². The maximum Gasteiger partial charge on any atom is 0.182 e. The largest absolute Gasteiger partial charge is 0.340 e. The molecule has 0 radical (unpaired) electrons. The zero-order valence-corrected chi connectivity index (χ0v) is 11.7. The molecule has 3 heteroatoms. The molecule has 1 heterocycles. The lowest BCUT2D eigenvalue weighted by atomic mass is 10.0. The lowest BCUT2D eigenvalue weighted by molar-refractivity contribution is 0.0973. The number of Topliss-reactive ketones (excluding diaryl/α,β-unsaturated/α-hetero) is 1. The smallest absolute Gasteiger partial charge is 0.182 e. The predicted octanol–water partition coefficient (Wildman–Crippen LogP) is 3.70. The summed E-state index contributed by atoms with van der Waals surface area (Å²) in [6, 6.07) is 17.2. The van der Waals surface area contributed by atoms with Crippen molar-refractivity contribution in [2.24, 2.45) is 0 Å². The fraction of sp³-hybridized carbons (Fsp3) is 0.111. The van der Waals surface area contributed by atoms with E-state index in [1.807, 2.05) is 60.2 Å². The summed E-state index contributed by atoms with van der Waals surface area (Å²) >= 11 is 0. The molecule has 2 aromatic carbocycles. The van der Waals surface area contributed by atoms with Crippen LogP contribution in [0.15, 0.2) is 54.7 Å². The molecule has 1 aromatic heterocycles. The summed E-state index contributed by atoms with van der Waals surface area (Å²) in [5.41, 5.74) is 3.28. The molecular weight excluding hydrogens is 260 g/mol. The highest BCUT2D eigenvalue weighted by Crippen LogP contribution is 2.20. The second kappa shape index (κ2) is 5.26. The van der Waals surface area contributed by atoms with Crippen molar-refractivity contribution in [2.75, 3.05) is 0 Å². The van der Waals surface area contributed by atoms with Crippen molar-refractivity contribution in [1.82, 2.24) is 4.57 Å². The molecule has 102 valence electrons. The maximum absolute atomic E-state index is 12.4. The molecule has 3 rings (SSSR count). The quantitative estimate of drug-likeness (QED) is 0.683. The van der Waals surface area contributed by atoms with E-state index >= 15 is 0 Å². The van der Waals surface area contributed by atoms with Gasteiger partial charge in [-0.2, -0.15) is 5.26 Å². The number of aryl methyl sites for hydroxylation is 1. The van der Waals surface area contributed by atoms with Crippen molar-refractivity contribution < 1.29 is 4.79 Å². The number of hydrogen-bond donors (Lipinski definition) is 0. The van der Waals surface area contributed by atoms with Gasteiger partial charge in [-0.25, -0.2) is 0 Å². The Morgan fingerprint density at radius 2 is 1.95 bits per heavy atom. The van der Waals surface area contributed by atoms with Gasteiger partial charge in [0.05, 0.1) is 18.2 Å². The number of aromatic nitrogens is 1. The Hall–Kier alpha value is -2.86. The number of fused-ring (bicyclic) bond motifs is 1. The molecule has 0 bridgehead atoms. The van der Waals surface area contributed by atoms with Crippen LogP contribution in [-0.4, -0.2) is 10.4 Å². The van der Waals surface area contributed by atoms with Crippen LogP contribution >= 0.6 is 0 Å². The third kappa shape index (κ3) is 2.32. The first-order valence-corrected chi connectivity index (χ1v) is 6.77. The van der Waals surface area contributed by atoms with Crippen LogP contribution in [0, 0.1) is 18.3 Å². The second-order valence-corrected chi connectivity index (χ2v) is 5.03. The summed E-state index contributed by atoms with van der Waals surface area (Å²) in [6.45, 7) is 2.22. The number of benzene rings is 2. The van der Waals surface area contributed by atoms with Gasteiger partial charge in [0.2, 0.25) is 0 Å². The van der Waals surface area contributed by atoms with Gasteiger partial charge >= 0.3 is 0 Å². The normalized spacial score (nSPS) is 10.5. The Labute approximate surface area is 123 Å². The van der Waals surface area contributed by atoms with E-state index in [9.17, 15) is 4.79 Å². The number of carbonyl (C=O) groups is 1. The van der Waals surface area contributed by atoms with Crippen LogP contribution in [0.4, 0.5) is 0 Å². The van der Waals surface area contributed by atoms with Gasteiger partial charge in [0.1, 0.15) is 0 Å². The Balaban J connectivity index is 1.98. The van der Waals surface area contributed by atoms with Gasteiger partial charge in [-0.15, -0.1) is 0 Å². The SMILES string of the molecule is Cc1ccccc1C(=O)Cn1ccc2c(C#N)cccc21. The molecule has 3 nitrogen and oxygen atoms in total. The Bertz CT molecular complexity index is 868. The van der Waals surface area contributed by atoms with Crippen LogP contribution in [0.1, 0.15) is 21.5 Å². The second-order valence-electron chi connectivity index (χ2n) is 5.03. The molecular formula is C18H14N2O. The Morgan fingerprint density at radius 1 is 1.14 bits per heavy atom. The van der Waals surface area contributed by atoms with Gasteiger partial charge in [0.25, 0.3) is 0 Å². The predicted molar refractivity (Wildman–Crippen MR) is 82.2 cm³/mol. The number of hydrogen-bond acceptors (Lipinski definition) is 2. The lowest BCUT2D eigenvalue weighted by Crippen LogP contribution is -2.10. The highest BCUT2D eigenvalue weighted by Gasteiger charge is 2.11. The van der Waals surface area contributed by atoms with Crippen molar-refractivity contribution in [3.8, 4) is 6.07 Å². The van der Waals surface area contributed by atoms with Crippen molar-refractivity contribution in [3.05, 3.63) is 71.4 Å². The van der Waals surface area contributed by atoms with E-state index in [0.717, 1.165) is 22.0 Å². The van der Waals surface area contributed by atoms with Crippen LogP contribution in [0.2, 0.25) is 0 Å². The van der Waals surface area contributed by atoms with Gasteiger partial charge in [-0.05, 0) is 30.7 Å². The van der Waals surface area contributed by atoms with E-state index in [1.165, 1.54) is 0 Å². The average Bonchev–Trinajstić information content (AvgIpc) is 2.91. The van der Waals surface area contributed by atoms with E-state index in [1.54, 1.807) is 6.07 Å². The summed E-state index contributed by atoms with van der Waals surface area (Å²) in [5.74, 6) is 0.0768. The van der Waals surface area contributed by atoms with E-state index in [2.05, 4.69) is 6.07 Å². The van der Waals surface area contributed by atoms with Crippen LogP contribution in [0.25, 0.3) is 10.9 Å². The van der Waals surface area contributed by atoms with Crippen molar-refractivity contribution in [2.45, 2.75) is 13.5 Å². The van der Waals surface area contributed by atoms with Crippen LogP contribution < -0.4 is 0 Å². The van der Waals surface area contributed by atoms with Gasteiger partial charge in [-0.1, -0.05) is 30.3 Å². The molecule has 0 saturated heterocycles. The standard InChI is InChI=1S/C18H14N2O/c1-13-5-2-3-7-15(13)18(21)12-20-10-9-16-14(11-19)6-4-8-17(16)20/h2-10H,12H2,1H3. The van der Waals surface area contributed by atoms with Gasteiger partial charge < -0.3 is 4.57 Å². The molecule has 0 unspecified atom stereocenters. The summed E-state index contributed by atoms with van der Waals surface area (Å²) in [4.78, 5) is 12.4. The van der Waals surface area contributed by atoms with Gasteiger partial charge in [-0.3, -0.25) is 4.79 Å². The fourth-order valence-corrected chi connectivity index (χ4v) is 2.58. The van der Waals surface area contributed by atoms with Crippen molar-refractivity contribution in [3.63, 3.8) is 0 Å². The molecule has 0 aliphatic rings. The minimum Gasteiger partial charge on any atom is -0.340 e.